The van der Waals surface area contributed by atoms with Crippen molar-refractivity contribution in [3.8, 4) is 11.1 Å². The zero-order valence-corrected chi connectivity index (χ0v) is 21.2. The third-order valence-electron chi connectivity index (χ3n) is 8.04. The first kappa shape index (κ1) is 23.3. The maximum absolute atomic E-state index is 13.9. The molecule has 2 amide bonds. The van der Waals surface area contributed by atoms with E-state index in [9.17, 15) is 9.59 Å². The van der Waals surface area contributed by atoms with E-state index in [2.05, 4.69) is 27.9 Å². The van der Waals surface area contributed by atoms with Crippen molar-refractivity contribution >= 4 is 17.5 Å². The Morgan fingerprint density at radius 2 is 1.84 bits per heavy atom. The van der Waals surface area contributed by atoms with Gasteiger partial charge in [0.05, 0.1) is 6.26 Å². The van der Waals surface area contributed by atoms with Gasteiger partial charge in [-0.1, -0.05) is 36.4 Å². The summed E-state index contributed by atoms with van der Waals surface area (Å²) in [6.07, 6.45) is 6.38. The Labute approximate surface area is 215 Å². The van der Waals surface area contributed by atoms with Gasteiger partial charge in [0.15, 0.2) is 0 Å². The number of hydrogen-bond acceptors (Lipinski definition) is 4. The Morgan fingerprint density at radius 3 is 2.49 bits per heavy atom. The van der Waals surface area contributed by atoms with Crippen LogP contribution in [0.5, 0.6) is 0 Å². The number of aryl methyl sites for hydroxylation is 3. The van der Waals surface area contributed by atoms with E-state index >= 15 is 0 Å². The second kappa shape index (κ2) is 8.76. The van der Waals surface area contributed by atoms with Crippen molar-refractivity contribution in [1.82, 2.24) is 15.1 Å². The van der Waals surface area contributed by atoms with Gasteiger partial charge in [0.25, 0.3) is 5.91 Å². The van der Waals surface area contributed by atoms with Gasteiger partial charge in [-0.25, -0.2) is 0 Å². The zero-order valence-electron chi connectivity index (χ0n) is 21.2. The predicted octanol–water partition coefficient (Wildman–Crippen LogP) is 5.15. The summed E-state index contributed by atoms with van der Waals surface area (Å²) in [6.45, 7) is 3.96. The lowest BCUT2D eigenvalue weighted by atomic mass is 9.82. The molecule has 0 radical (unpaired) electrons. The highest BCUT2D eigenvalue weighted by molar-refractivity contribution is 6.01. The molecule has 4 aromatic rings. The number of hydrogen-bond donors (Lipinski definition) is 2. The molecule has 2 aliphatic carbocycles. The van der Waals surface area contributed by atoms with Crippen molar-refractivity contribution in [2.75, 3.05) is 5.32 Å². The number of anilines is 1. The fraction of sp³-hybridized carbons (Fsp3) is 0.300. The van der Waals surface area contributed by atoms with Gasteiger partial charge >= 0.3 is 0 Å². The lowest BCUT2D eigenvalue weighted by molar-refractivity contribution is -0.118. The van der Waals surface area contributed by atoms with Gasteiger partial charge in [-0.3, -0.25) is 14.3 Å². The highest BCUT2D eigenvalue weighted by Gasteiger charge is 2.58. The van der Waals surface area contributed by atoms with Crippen LogP contribution in [-0.4, -0.2) is 27.6 Å². The van der Waals surface area contributed by atoms with Gasteiger partial charge in [-0.05, 0) is 79.0 Å². The second-order valence-electron chi connectivity index (χ2n) is 10.4. The monoisotopic (exact) mass is 494 g/mol. The Kier molecular flexibility index (Phi) is 5.51. The van der Waals surface area contributed by atoms with Crippen molar-refractivity contribution in [2.45, 2.75) is 45.1 Å². The minimum absolute atomic E-state index is 0.0195. The maximum atomic E-state index is 13.9. The summed E-state index contributed by atoms with van der Waals surface area (Å²) in [5.74, 6) is 0.256. The van der Waals surface area contributed by atoms with Crippen molar-refractivity contribution in [1.29, 1.82) is 0 Å². The normalized spacial score (nSPS) is 17.9. The molecule has 37 heavy (non-hydrogen) atoms. The zero-order chi connectivity index (χ0) is 25.7. The molecule has 2 aliphatic rings. The summed E-state index contributed by atoms with van der Waals surface area (Å²) in [4.78, 5) is 27.1. The highest BCUT2D eigenvalue weighted by atomic mass is 16.3. The molecular formula is C30H30N4O3. The molecule has 2 N–H and O–H groups in total. The quantitative estimate of drug-likeness (QED) is 0.388. The second-order valence-corrected chi connectivity index (χ2v) is 10.4. The Bertz CT molecular complexity index is 1470. The molecule has 1 unspecified atom stereocenters. The number of rotatable bonds is 6. The average molecular weight is 495 g/mol. The standard InChI is InChI=1S/C30H30N4O3/c1-18-17-37-19(2)25(18)20-8-10-22(11-9-20)32-29(36)27(33-28(35)24-12-15-31-34(24)3)26-23-7-5-4-6-21(23)16-30(26)13-14-30/h4-12,15,17,26-27H,13-14,16H2,1-3H3,(H,32,36)(H,33,35)/t26?,27-/m0/s1. The van der Waals surface area contributed by atoms with Crippen LogP contribution in [0.15, 0.2) is 71.5 Å². The van der Waals surface area contributed by atoms with E-state index in [-0.39, 0.29) is 23.1 Å². The Morgan fingerprint density at radius 1 is 1.08 bits per heavy atom. The number of carbonyl (C=O) groups excluding carboxylic acids is 2. The molecule has 6 rings (SSSR count). The number of nitrogens with one attached hydrogen (secondary N) is 2. The third kappa shape index (κ3) is 4.04. The number of amides is 2. The smallest absolute Gasteiger partial charge is 0.270 e. The minimum atomic E-state index is -0.716. The van der Waals surface area contributed by atoms with E-state index in [0.717, 1.165) is 47.3 Å². The van der Waals surface area contributed by atoms with E-state index in [1.807, 2.05) is 50.2 Å². The molecule has 1 fully saturated rings. The van der Waals surface area contributed by atoms with E-state index in [4.69, 9.17) is 4.42 Å². The summed E-state index contributed by atoms with van der Waals surface area (Å²) in [5, 5.41) is 10.3. The van der Waals surface area contributed by atoms with Crippen molar-refractivity contribution in [3.05, 3.63) is 95.2 Å². The molecule has 2 heterocycles. The van der Waals surface area contributed by atoms with Crippen LogP contribution >= 0.6 is 0 Å². The van der Waals surface area contributed by atoms with E-state index < -0.39 is 6.04 Å². The summed E-state index contributed by atoms with van der Waals surface area (Å²) in [5.41, 5.74) is 6.72. The molecule has 1 spiro atoms. The average Bonchev–Trinajstić information content (AvgIpc) is 3.21. The molecule has 2 aromatic heterocycles. The fourth-order valence-electron chi connectivity index (χ4n) is 6.05. The van der Waals surface area contributed by atoms with Crippen LogP contribution < -0.4 is 10.6 Å². The van der Waals surface area contributed by atoms with E-state index in [1.54, 1.807) is 25.6 Å². The molecule has 7 heteroatoms. The van der Waals surface area contributed by atoms with Crippen LogP contribution in [0.1, 0.15) is 51.7 Å². The molecule has 2 atom stereocenters. The number of fused-ring (bicyclic) bond motifs is 1. The first-order chi connectivity index (χ1) is 17.9. The van der Waals surface area contributed by atoms with Crippen LogP contribution in [0.2, 0.25) is 0 Å². The first-order valence-corrected chi connectivity index (χ1v) is 12.7. The number of nitrogens with zero attached hydrogens (tertiary/aromatic N) is 2. The van der Waals surface area contributed by atoms with Gasteiger partial charge < -0.3 is 15.1 Å². The van der Waals surface area contributed by atoms with Gasteiger partial charge in [-0.15, -0.1) is 0 Å². The number of aromatic nitrogens is 2. The van der Waals surface area contributed by atoms with Crippen LogP contribution in [0.4, 0.5) is 5.69 Å². The topological polar surface area (TPSA) is 89.2 Å². The predicted molar refractivity (Wildman–Crippen MR) is 141 cm³/mol. The van der Waals surface area contributed by atoms with Gasteiger partial charge in [0.2, 0.25) is 5.91 Å². The SMILES string of the molecule is Cc1coc(C)c1-c1ccc(NC(=O)[C@@H](NC(=O)c2ccnn2C)C2c3ccccc3CC23CC3)cc1. The van der Waals surface area contributed by atoms with Gasteiger partial charge in [0, 0.05) is 30.4 Å². The van der Waals surface area contributed by atoms with Crippen LogP contribution in [0.25, 0.3) is 11.1 Å². The van der Waals surface area contributed by atoms with Crippen molar-refractivity contribution < 1.29 is 14.0 Å². The molecule has 0 saturated heterocycles. The lowest BCUT2D eigenvalue weighted by Gasteiger charge is -2.29. The van der Waals surface area contributed by atoms with Crippen molar-refractivity contribution in [2.24, 2.45) is 12.5 Å². The molecule has 0 aliphatic heterocycles. The molecule has 7 nitrogen and oxygen atoms in total. The van der Waals surface area contributed by atoms with Crippen LogP contribution in [-0.2, 0) is 18.3 Å². The van der Waals surface area contributed by atoms with Gasteiger partial charge in [0.1, 0.15) is 17.5 Å². The fourth-order valence-corrected chi connectivity index (χ4v) is 6.05. The Balaban J connectivity index is 1.31. The Hall–Kier alpha value is -4.13. The molecule has 188 valence electrons. The minimum Gasteiger partial charge on any atom is -0.469 e. The van der Waals surface area contributed by atoms with Crippen molar-refractivity contribution in [3.63, 3.8) is 0 Å². The summed E-state index contributed by atoms with van der Waals surface area (Å²) < 4.78 is 7.07. The van der Waals surface area contributed by atoms with Crippen LogP contribution in [0, 0.1) is 19.3 Å². The largest absolute Gasteiger partial charge is 0.469 e. The summed E-state index contributed by atoms with van der Waals surface area (Å²) >= 11 is 0. The van der Waals surface area contributed by atoms with E-state index in [0.29, 0.717) is 11.4 Å². The molecular weight excluding hydrogens is 464 g/mol. The van der Waals surface area contributed by atoms with Crippen LogP contribution in [0.3, 0.4) is 0 Å². The summed E-state index contributed by atoms with van der Waals surface area (Å²) in [7, 11) is 1.72. The molecule has 0 bridgehead atoms. The number of carbonyl (C=O) groups is 2. The van der Waals surface area contributed by atoms with Gasteiger partial charge in [-0.2, -0.15) is 5.10 Å². The van der Waals surface area contributed by atoms with E-state index in [1.165, 1.54) is 10.2 Å². The number of benzene rings is 2. The molecule has 1 saturated carbocycles. The third-order valence-corrected chi connectivity index (χ3v) is 8.04. The highest BCUT2D eigenvalue weighted by Crippen LogP contribution is 2.64. The first-order valence-electron chi connectivity index (χ1n) is 12.7. The number of furan rings is 1. The lowest BCUT2D eigenvalue weighted by Crippen LogP contribution is -2.49. The molecule has 2 aromatic carbocycles. The summed E-state index contributed by atoms with van der Waals surface area (Å²) in [6, 6.07) is 17.0. The maximum Gasteiger partial charge on any atom is 0.270 e.